The summed E-state index contributed by atoms with van der Waals surface area (Å²) in [5.74, 6) is 0.706. The Bertz CT molecular complexity index is 487. The highest BCUT2D eigenvalue weighted by Crippen LogP contribution is 2.24. The van der Waals surface area contributed by atoms with Crippen molar-refractivity contribution in [2.24, 2.45) is 0 Å². The van der Waals surface area contributed by atoms with Crippen molar-refractivity contribution in [3.05, 3.63) is 29.5 Å². The highest BCUT2D eigenvalue weighted by Gasteiger charge is 2.18. The number of hydrogen-bond acceptors (Lipinski definition) is 5. The molecule has 3 rings (SSSR count). The number of likely N-dealkylation sites (tertiary alicyclic amines) is 1. The summed E-state index contributed by atoms with van der Waals surface area (Å²) in [6.07, 6.45) is 3.32. The number of oxazole rings is 1. The summed E-state index contributed by atoms with van der Waals surface area (Å²) in [7, 11) is 0. The van der Waals surface area contributed by atoms with E-state index in [1.165, 1.54) is 0 Å². The number of aliphatic hydroxyl groups excluding tert-OH is 1. The maximum absolute atomic E-state index is 9.46. The summed E-state index contributed by atoms with van der Waals surface area (Å²) in [6, 6.07) is 4.01. The molecule has 0 aliphatic carbocycles. The quantitative estimate of drug-likeness (QED) is 0.924. The first-order chi connectivity index (χ1) is 8.81. The maximum Gasteiger partial charge on any atom is 0.236 e. The number of piperidine rings is 1. The fourth-order valence-corrected chi connectivity index (χ4v) is 2.86. The van der Waals surface area contributed by atoms with Crippen LogP contribution in [-0.2, 0) is 6.54 Å². The van der Waals surface area contributed by atoms with E-state index >= 15 is 0 Å². The van der Waals surface area contributed by atoms with Crippen molar-refractivity contribution >= 4 is 11.3 Å². The van der Waals surface area contributed by atoms with E-state index in [2.05, 4.69) is 9.88 Å². The fraction of sp³-hybridized carbons (Fsp3) is 0.462. The van der Waals surface area contributed by atoms with Gasteiger partial charge >= 0.3 is 0 Å². The average molecular weight is 264 g/mol. The van der Waals surface area contributed by atoms with Gasteiger partial charge in [0.05, 0.1) is 16.7 Å². The van der Waals surface area contributed by atoms with Crippen LogP contribution in [0.3, 0.4) is 0 Å². The van der Waals surface area contributed by atoms with Crippen LogP contribution < -0.4 is 0 Å². The van der Waals surface area contributed by atoms with Gasteiger partial charge in [0.25, 0.3) is 0 Å². The van der Waals surface area contributed by atoms with E-state index in [-0.39, 0.29) is 6.10 Å². The summed E-state index contributed by atoms with van der Waals surface area (Å²) in [6.45, 7) is 2.67. The number of rotatable bonds is 3. The van der Waals surface area contributed by atoms with E-state index in [9.17, 15) is 5.11 Å². The molecule has 0 bridgehead atoms. The molecule has 0 unspecified atom stereocenters. The lowest BCUT2D eigenvalue weighted by Gasteiger charge is -2.28. The van der Waals surface area contributed by atoms with Crippen molar-refractivity contribution < 1.29 is 9.52 Å². The molecule has 1 saturated heterocycles. The Morgan fingerprint density at radius 3 is 3.00 bits per heavy atom. The molecule has 1 aliphatic heterocycles. The van der Waals surface area contributed by atoms with Gasteiger partial charge < -0.3 is 9.52 Å². The highest BCUT2D eigenvalue weighted by atomic mass is 32.1. The molecule has 1 N–H and O–H groups in total. The van der Waals surface area contributed by atoms with Crippen molar-refractivity contribution in [1.82, 2.24) is 9.88 Å². The van der Waals surface area contributed by atoms with Crippen LogP contribution in [0.2, 0.25) is 0 Å². The minimum atomic E-state index is -0.125. The lowest BCUT2D eigenvalue weighted by Crippen LogP contribution is -2.35. The molecule has 3 heterocycles. The molecule has 0 amide bonds. The van der Waals surface area contributed by atoms with Crippen LogP contribution in [0.1, 0.15) is 18.5 Å². The molecule has 2 aromatic rings. The van der Waals surface area contributed by atoms with Crippen LogP contribution in [0.5, 0.6) is 0 Å². The van der Waals surface area contributed by atoms with Crippen LogP contribution in [-0.4, -0.2) is 34.2 Å². The van der Waals surface area contributed by atoms with Crippen molar-refractivity contribution in [1.29, 1.82) is 0 Å². The molecule has 1 fully saturated rings. The molecule has 5 heteroatoms. The molecule has 0 aromatic carbocycles. The topological polar surface area (TPSA) is 49.5 Å². The molecule has 0 saturated carbocycles. The fourth-order valence-electron chi connectivity index (χ4n) is 2.20. The van der Waals surface area contributed by atoms with Crippen molar-refractivity contribution in [2.45, 2.75) is 25.5 Å². The van der Waals surface area contributed by atoms with Crippen molar-refractivity contribution in [2.75, 3.05) is 13.1 Å². The second kappa shape index (κ2) is 5.22. The van der Waals surface area contributed by atoms with E-state index in [4.69, 9.17) is 4.42 Å². The van der Waals surface area contributed by atoms with Crippen molar-refractivity contribution in [3.8, 4) is 10.8 Å². The largest absolute Gasteiger partial charge is 0.444 e. The van der Waals surface area contributed by atoms with E-state index in [0.717, 1.165) is 43.0 Å². The number of nitrogens with zero attached hydrogens (tertiary/aromatic N) is 2. The highest BCUT2D eigenvalue weighted by molar-refractivity contribution is 7.13. The van der Waals surface area contributed by atoms with Gasteiger partial charge in [-0.05, 0) is 24.3 Å². The van der Waals surface area contributed by atoms with Gasteiger partial charge in [0, 0.05) is 19.6 Å². The van der Waals surface area contributed by atoms with Crippen LogP contribution >= 0.6 is 11.3 Å². The normalized spacial score (nSPS) is 18.3. The summed E-state index contributed by atoms with van der Waals surface area (Å²) in [5.41, 5.74) is 0.967. The van der Waals surface area contributed by atoms with Gasteiger partial charge in [0.15, 0.2) is 0 Å². The monoisotopic (exact) mass is 264 g/mol. The number of aromatic nitrogens is 1. The third kappa shape index (κ3) is 2.63. The Labute approximate surface area is 110 Å². The second-order valence-electron chi connectivity index (χ2n) is 4.63. The Morgan fingerprint density at radius 2 is 2.28 bits per heavy atom. The predicted molar refractivity (Wildman–Crippen MR) is 70.3 cm³/mol. The third-order valence-corrected chi connectivity index (χ3v) is 4.08. The lowest BCUT2D eigenvalue weighted by molar-refractivity contribution is 0.0786. The first kappa shape index (κ1) is 11.9. The van der Waals surface area contributed by atoms with Gasteiger partial charge in [-0.3, -0.25) is 4.90 Å². The molecule has 0 spiro atoms. The molecule has 2 aromatic heterocycles. The zero-order valence-corrected chi connectivity index (χ0v) is 10.9. The summed E-state index contributed by atoms with van der Waals surface area (Å²) in [4.78, 5) is 7.88. The van der Waals surface area contributed by atoms with Gasteiger partial charge in [-0.2, -0.15) is 0 Å². The Kier molecular flexibility index (Phi) is 3.45. The minimum Gasteiger partial charge on any atom is -0.444 e. The summed E-state index contributed by atoms with van der Waals surface area (Å²) < 4.78 is 5.49. The zero-order valence-electron chi connectivity index (χ0n) is 10.1. The van der Waals surface area contributed by atoms with E-state index in [1.54, 1.807) is 17.6 Å². The second-order valence-corrected chi connectivity index (χ2v) is 5.58. The van der Waals surface area contributed by atoms with Crippen molar-refractivity contribution in [3.63, 3.8) is 0 Å². The molecule has 0 atom stereocenters. The average Bonchev–Trinajstić information content (AvgIpc) is 3.02. The summed E-state index contributed by atoms with van der Waals surface area (Å²) >= 11 is 1.63. The van der Waals surface area contributed by atoms with Gasteiger partial charge in [-0.25, -0.2) is 4.98 Å². The standard InChI is InChI=1S/C13H16N2O2S/c16-11-3-5-15(6-4-11)8-10-9-17-13(14-10)12-2-1-7-18-12/h1-2,7,9,11,16H,3-6,8H2. The van der Waals surface area contributed by atoms with Gasteiger partial charge in [-0.1, -0.05) is 6.07 Å². The first-order valence-electron chi connectivity index (χ1n) is 6.20. The zero-order chi connectivity index (χ0) is 12.4. The molecule has 96 valence electrons. The molecular formula is C13H16N2O2S. The number of thiophene rings is 1. The number of aliphatic hydroxyl groups is 1. The molecule has 1 aliphatic rings. The predicted octanol–water partition coefficient (Wildman–Crippen LogP) is 2.36. The Balaban J connectivity index is 1.64. The molecule has 0 radical (unpaired) electrons. The van der Waals surface area contributed by atoms with Crippen LogP contribution in [0.4, 0.5) is 0 Å². The molecular weight excluding hydrogens is 248 g/mol. The molecule has 4 nitrogen and oxygen atoms in total. The maximum atomic E-state index is 9.46. The first-order valence-corrected chi connectivity index (χ1v) is 7.08. The van der Waals surface area contributed by atoms with Crippen LogP contribution in [0, 0.1) is 0 Å². The minimum absolute atomic E-state index is 0.125. The van der Waals surface area contributed by atoms with Crippen LogP contribution in [0.15, 0.2) is 28.2 Å². The van der Waals surface area contributed by atoms with Gasteiger partial charge in [0.2, 0.25) is 5.89 Å². The van der Waals surface area contributed by atoms with Gasteiger partial charge in [-0.15, -0.1) is 11.3 Å². The van der Waals surface area contributed by atoms with E-state index in [1.807, 2.05) is 17.5 Å². The summed E-state index contributed by atoms with van der Waals surface area (Å²) in [5, 5.41) is 11.5. The third-order valence-electron chi connectivity index (χ3n) is 3.23. The Morgan fingerprint density at radius 1 is 1.44 bits per heavy atom. The SMILES string of the molecule is OC1CCN(Cc2coc(-c3cccs3)n2)CC1. The lowest BCUT2D eigenvalue weighted by atomic mass is 10.1. The van der Waals surface area contributed by atoms with E-state index in [0.29, 0.717) is 5.89 Å². The van der Waals surface area contributed by atoms with Crippen LogP contribution in [0.25, 0.3) is 10.8 Å². The Hall–Kier alpha value is -1.17. The number of hydrogen-bond donors (Lipinski definition) is 1. The smallest absolute Gasteiger partial charge is 0.236 e. The molecule has 18 heavy (non-hydrogen) atoms. The van der Waals surface area contributed by atoms with Gasteiger partial charge in [0.1, 0.15) is 6.26 Å². The van der Waals surface area contributed by atoms with E-state index < -0.39 is 0 Å².